The van der Waals surface area contributed by atoms with Gasteiger partial charge in [0.05, 0.1) is 24.7 Å². The van der Waals surface area contributed by atoms with E-state index < -0.39 is 15.8 Å². The fourth-order valence-corrected chi connectivity index (χ4v) is 2.69. The molecule has 0 unspecified atom stereocenters. The van der Waals surface area contributed by atoms with Crippen LogP contribution in [-0.2, 0) is 10.0 Å². The van der Waals surface area contributed by atoms with Crippen molar-refractivity contribution in [3.05, 3.63) is 42.3 Å². The lowest BCUT2D eigenvalue weighted by atomic mass is 10.3. The molecular formula is C12H12FN3O3S. The second-order valence-corrected chi connectivity index (χ2v) is 5.53. The fourth-order valence-electron chi connectivity index (χ4n) is 1.54. The second kappa shape index (κ2) is 5.33. The van der Waals surface area contributed by atoms with Crippen molar-refractivity contribution in [1.29, 1.82) is 0 Å². The van der Waals surface area contributed by atoms with Gasteiger partial charge in [0.1, 0.15) is 10.7 Å². The van der Waals surface area contributed by atoms with Crippen molar-refractivity contribution in [1.82, 2.24) is 4.98 Å². The molecule has 1 aromatic heterocycles. The van der Waals surface area contributed by atoms with Crippen molar-refractivity contribution < 1.29 is 17.5 Å². The van der Waals surface area contributed by atoms with Gasteiger partial charge in [-0.05, 0) is 24.3 Å². The Morgan fingerprint density at radius 1 is 1.30 bits per heavy atom. The number of nitrogen functional groups attached to an aromatic ring is 1. The van der Waals surface area contributed by atoms with Crippen molar-refractivity contribution in [3.8, 4) is 5.88 Å². The molecule has 0 aliphatic rings. The van der Waals surface area contributed by atoms with E-state index in [4.69, 9.17) is 10.5 Å². The molecule has 0 saturated heterocycles. The molecule has 0 fully saturated rings. The van der Waals surface area contributed by atoms with Crippen LogP contribution in [0.15, 0.2) is 41.4 Å². The number of hydrogen-bond donors (Lipinski definition) is 2. The van der Waals surface area contributed by atoms with Crippen molar-refractivity contribution in [2.75, 3.05) is 17.6 Å². The quantitative estimate of drug-likeness (QED) is 0.836. The van der Waals surface area contributed by atoms with Crippen LogP contribution in [-0.4, -0.2) is 20.5 Å². The van der Waals surface area contributed by atoms with Crippen LogP contribution in [0, 0.1) is 5.82 Å². The molecule has 0 radical (unpaired) electrons. The minimum absolute atomic E-state index is 0.168. The normalized spacial score (nSPS) is 11.1. The van der Waals surface area contributed by atoms with E-state index in [1.165, 1.54) is 25.4 Å². The second-order valence-electron chi connectivity index (χ2n) is 3.88. The van der Waals surface area contributed by atoms with Crippen molar-refractivity contribution in [3.63, 3.8) is 0 Å². The van der Waals surface area contributed by atoms with Gasteiger partial charge in [0.25, 0.3) is 10.0 Å². The minimum Gasteiger partial charge on any atom is -0.481 e. The maximum atomic E-state index is 12.9. The van der Waals surface area contributed by atoms with E-state index in [-0.39, 0.29) is 16.3 Å². The molecule has 106 valence electrons. The molecule has 0 spiro atoms. The zero-order chi connectivity index (χ0) is 14.8. The molecule has 2 aromatic rings. The first kappa shape index (κ1) is 14.1. The average molecular weight is 297 g/mol. The van der Waals surface area contributed by atoms with Gasteiger partial charge >= 0.3 is 0 Å². The van der Waals surface area contributed by atoms with Crippen molar-refractivity contribution in [2.24, 2.45) is 0 Å². The van der Waals surface area contributed by atoms with Crippen LogP contribution in [0.25, 0.3) is 0 Å². The summed E-state index contributed by atoms with van der Waals surface area (Å²) in [5.41, 5.74) is 5.59. The molecule has 0 bridgehead atoms. The molecule has 1 heterocycles. The third kappa shape index (κ3) is 2.97. The SMILES string of the molecule is COc1ccc(NS(=O)(=O)c2ccc(F)cc2N)cn1. The summed E-state index contributed by atoms with van der Waals surface area (Å²) >= 11 is 0. The fraction of sp³-hybridized carbons (Fsp3) is 0.0833. The van der Waals surface area contributed by atoms with E-state index in [2.05, 4.69) is 9.71 Å². The monoisotopic (exact) mass is 297 g/mol. The number of nitrogens with one attached hydrogen (secondary N) is 1. The van der Waals surface area contributed by atoms with Gasteiger partial charge in [-0.25, -0.2) is 17.8 Å². The molecule has 0 atom stereocenters. The van der Waals surface area contributed by atoms with Gasteiger partial charge in [-0.3, -0.25) is 4.72 Å². The average Bonchev–Trinajstić information content (AvgIpc) is 2.38. The van der Waals surface area contributed by atoms with Crippen LogP contribution < -0.4 is 15.2 Å². The molecule has 0 aliphatic heterocycles. The number of hydrogen-bond acceptors (Lipinski definition) is 5. The Kier molecular flexibility index (Phi) is 3.75. The van der Waals surface area contributed by atoms with E-state index in [1.807, 2.05) is 0 Å². The van der Waals surface area contributed by atoms with Gasteiger partial charge < -0.3 is 10.5 Å². The van der Waals surface area contributed by atoms with Crippen LogP contribution in [0.1, 0.15) is 0 Å². The van der Waals surface area contributed by atoms with Crippen molar-refractivity contribution >= 4 is 21.4 Å². The third-order valence-electron chi connectivity index (χ3n) is 2.46. The summed E-state index contributed by atoms with van der Waals surface area (Å²) in [6.45, 7) is 0. The highest BCUT2D eigenvalue weighted by molar-refractivity contribution is 7.92. The highest BCUT2D eigenvalue weighted by Gasteiger charge is 2.18. The van der Waals surface area contributed by atoms with E-state index in [9.17, 15) is 12.8 Å². The maximum absolute atomic E-state index is 12.9. The highest BCUT2D eigenvalue weighted by Crippen LogP contribution is 2.22. The molecule has 6 nitrogen and oxygen atoms in total. The molecule has 8 heteroatoms. The van der Waals surface area contributed by atoms with E-state index in [0.717, 1.165) is 18.2 Å². The lowest BCUT2D eigenvalue weighted by Crippen LogP contribution is -2.15. The number of anilines is 2. The van der Waals surface area contributed by atoms with Crippen LogP contribution in [0.3, 0.4) is 0 Å². The highest BCUT2D eigenvalue weighted by atomic mass is 32.2. The number of sulfonamides is 1. The van der Waals surface area contributed by atoms with Crippen LogP contribution in [0.4, 0.5) is 15.8 Å². The van der Waals surface area contributed by atoms with E-state index >= 15 is 0 Å². The predicted octanol–water partition coefficient (Wildman–Crippen LogP) is 1.61. The van der Waals surface area contributed by atoms with Crippen LogP contribution >= 0.6 is 0 Å². The topological polar surface area (TPSA) is 94.3 Å². The first-order chi connectivity index (χ1) is 9.42. The Labute approximate surface area is 115 Å². The van der Waals surface area contributed by atoms with E-state index in [1.54, 1.807) is 0 Å². The summed E-state index contributed by atoms with van der Waals surface area (Å²) in [6, 6.07) is 6.07. The third-order valence-corrected chi connectivity index (χ3v) is 3.91. The number of halogens is 1. The number of nitrogens with zero attached hydrogens (tertiary/aromatic N) is 1. The number of methoxy groups -OCH3 is 1. The first-order valence-corrected chi connectivity index (χ1v) is 6.98. The largest absolute Gasteiger partial charge is 0.481 e. The number of rotatable bonds is 4. The number of pyridine rings is 1. The van der Waals surface area contributed by atoms with Gasteiger partial charge in [-0.15, -0.1) is 0 Å². The maximum Gasteiger partial charge on any atom is 0.263 e. The Hall–Kier alpha value is -2.35. The van der Waals surface area contributed by atoms with E-state index in [0.29, 0.717) is 5.88 Å². The summed E-state index contributed by atoms with van der Waals surface area (Å²) in [5, 5.41) is 0. The molecule has 20 heavy (non-hydrogen) atoms. The molecule has 3 N–H and O–H groups in total. The van der Waals surface area contributed by atoms with Gasteiger partial charge in [-0.2, -0.15) is 0 Å². The molecule has 2 rings (SSSR count). The number of aromatic nitrogens is 1. The standard InChI is InChI=1S/C12H12FN3O3S/c1-19-12-5-3-9(7-15-12)16-20(17,18)11-4-2-8(13)6-10(11)14/h2-7,16H,14H2,1H3. The van der Waals surface area contributed by atoms with Crippen LogP contribution in [0.5, 0.6) is 5.88 Å². The molecular weight excluding hydrogens is 285 g/mol. The lowest BCUT2D eigenvalue weighted by Gasteiger charge is -2.10. The van der Waals surface area contributed by atoms with Gasteiger partial charge in [0.15, 0.2) is 0 Å². The molecule has 0 amide bonds. The summed E-state index contributed by atoms with van der Waals surface area (Å²) in [7, 11) is -2.45. The Balaban J connectivity index is 2.30. The first-order valence-electron chi connectivity index (χ1n) is 5.50. The summed E-state index contributed by atoms with van der Waals surface area (Å²) in [6.07, 6.45) is 1.30. The van der Waals surface area contributed by atoms with Crippen molar-refractivity contribution in [2.45, 2.75) is 4.90 Å². The molecule has 0 saturated carbocycles. The zero-order valence-electron chi connectivity index (χ0n) is 10.5. The predicted molar refractivity (Wildman–Crippen MR) is 72.4 cm³/mol. The Bertz CT molecular complexity index is 717. The summed E-state index contributed by atoms with van der Waals surface area (Å²) in [4.78, 5) is 3.67. The Morgan fingerprint density at radius 2 is 2.05 bits per heavy atom. The van der Waals surface area contributed by atoms with Gasteiger partial charge in [0, 0.05) is 6.07 Å². The zero-order valence-corrected chi connectivity index (χ0v) is 11.3. The Morgan fingerprint density at radius 3 is 2.60 bits per heavy atom. The van der Waals surface area contributed by atoms with Gasteiger partial charge in [0.2, 0.25) is 5.88 Å². The number of ether oxygens (including phenoxy) is 1. The molecule has 0 aliphatic carbocycles. The minimum atomic E-state index is -3.90. The summed E-state index contributed by atoms with van der Waals surface area (Å²) in [5.74, 6) is -0.248. The number of nitrogens with two attached hydrogens (primary N) is 1. The lowest BCUT2D eigenvalue weighted by molar-refractivity contribution is 0.398. The smallest absolute Gasteiger partial charge is 0.263 e. The van der Waals surface area contributed by atoms with Crippen LogP contribution in [0.2, 0.25) is 0 Å². The number of benzene rings is 1. The van der Waals surface area contributed by atoms with Gasteiger partial charge in [-0.1, -0.05) is 0 Å². The summed E-state index contributed by atoms with van der Waals surface area (Å²) < 4.78 is 44.3. The molecule has 1 aromatic carbocycles.